The first-order valence-corrected chi connectivity index (χ1v) is 9.97. The summed E-state index contributed by atoms with van der Waals surface area (Å²) in [6.07, 6.45) is -0.311. The van der Waals surface area contributed by atoms with Crippen molar-refractivity contribution in [1.82, 2.24) is 19.9 Å². The highest BCUT2D eigenvalue weighted by molar-refractivity contribution is 5.79. The average molecular weight is 445 g/mol. The van der Waals surface area contributed by atoms with E-state index in [1.54, 1.807) is 23.1 Å². The van der Waals surface area contributed by atoms with Crippen LogP contribution < -0.4 is 5.32 Å². The maximum absolute atomic E-state index is 13.1. The van der Waals surface area contributed by atoms with Gasteiger partial charge in [0.25, 0.3) is 0 Å². The van der Waals surface area contributed by atoms with Gasteiger partial charge in [-0.05, 0) is 48.7 Å². The van der Waals surface area contributed by atoms with Crippen LogP contribution in [0, 0.1) is 5.82 Å². The molecule has 0 saturated carbocycles. The topological polar surface area (TPSA) is 71.0 Å². The van der Waals surface area contributed by atoms with Crippen LogP contribution in [0.4, 0.5) is 29.3 Å². The third kappa shape index (κ3) is 5.01. The third-order valence-corrected chi connectivity index (χ3v) is 5.19. The molecule has 0 unspecified atom stereocenters. The van der Waals surface area contributed by atoms with E-state index in [2.05, 4.69) is 20.3 Å². The Morgan fingerprint density at radius 3 is 2.59 bits per heavy atom. The van der Waals surface area contributed by atoms with Crippen molar-refractivity contribution < 1.29 is 22.4 Å². The predicted octanol–water partition coefficient (Wildman–Crippen LogP) is 4.68. The predicted molar refractivity (Wildman–Crippen MR) is 108 cm³/mol. The Bertz CT molecular complexity index is 1100. The number of aromatic nitrogens is 3. The number of carbonyl (C=O) groups excluding carboxylic acids is 1. The van der Waals surface area contributed by atoms with Crippen molar-refractivity contribution in [3.05, 3.63) is 77.5 Å². The number of carbonyl (C=O) groups is 1. The van der Waals surface area contributed by atoms with Gasteiger partial charge in [-0.3, -0.25) is 4.79 Å². The molecule has 4 rings (SSSR count). The highest BCUT2D eigenvalue weighted by Gasteiger charge is 2.32. The number of benzene rings is 1. The number of halogens is 4. The van der Waals surface area contributed by atoms with E-state index >= 15 is 0 Å². The lowest BCUT2D eigenvalue weighted by atomic mass is 10.1. The molecule has 10 heteroatoms. The molecular weight excluding hydrogens is 426 g/mol. The maximum atomic E-state index is 13.1. The third-order valence-electron chi connectivity index (χ3n) is 5.19. The van der Waals surface area contributed by atoms with Crippen molar-refractivity contribution in [2.24, 2.45) is 0 Å². The fourth-order valence-corrected chi connectivity index (χ4v) is 3.66. The zero-order valence-electron chi connectivity index (χ0n) is 16.8. The summed E-state index contributed by atoms with van der Waals surface area (Å²) in [6, 6.07) is 8.94. The van der Waals surface area contributed by atoms with E-state index in [0.29, 0.717) is 24.2 Å². The first-order valence-electron chi connectivity index (χ1n) is 9.97. The molecule has 2 aromatic heterocycles. The Labute approximate surface area is 181 Å². The molecule has 32 heavy (non-hydrogen) atoms. The minimum Gasteiger partial charge on any atom is -0.334 e. The number of anilines is 2. The lowest BCUT2D eigenvalue weighted by Crippen LogP contribution is -2.32. The number of alkyl halides is 3. The molecule has 0 spiro atoms. The van der Waals surface area contributed by atoms with Crippen LogP contribution in [-0.4, -0.2) is 32.3 Å². The summed E-state index contributed by atoms with van der Waals surface area (Å²) >= 11 is 0. The minimum atomic E-state index is -4.49. The number of nitrogens with one attached hydrogen (secondary N) is 1. The number of pyridine rings is 1. The standard InChI is InChI=1S/C22H19F4N5O/c23-16-5-3-14(4-6-16)12-20(32)31-11-1-2-18(31)17-8-10-28-21(29-17)30-19-13-15(7-9-27-19)22(24,25)26/h3-10,13,18H,1-2,11-12H2,(H,27,28,29,30)/t18-/m0/s1. The highest BCUT2D eigenvalue weighted by atomic mass is 19.4. The number of likely N-dealkylation sites (tertiary alicyclic amines) is 1. The molecule has 166 valence electrons. The molecule has 6 nitrogen and oxygen atoms in total. The van der Waals surface area contributed by atoms with Crippen LogP contribution in [0.3, 0.4) is 0 Å². The molecule has 0 aliphatic carbocycles. The SMILES string of the molecule is O=C(Cc1ccc(F)cc1)N1CCC[C@H]1c1ccnc(Nc2cc(C(F)(F)F)ccn2)n1. The molecule has 1 aromatic carbocycles. The largest absolute Gasteiger partial charge is 0.416 e. The van der Waals surface area contributed by atoms with Crippen LogP contribution in [0.1, 0.15) is 35.7 Å². The van der Waals surface area contributed by atoms with E-state index in [4.69, 9.17) is 0 Å². The van der Waals surface area contributed by atoms with Gasteiger partial charge >= 0.3 is 6.18 Å². The van der Waals surface area contributed by atoms with Crippen LogP contribution in [0.2, 0.25) is 0 Å². The zero-order chi connectivity index (χ0) is 22.7. The van der Waals surface area contributed by atoms with Gasteiger partial charge in [0.1, 0.15) is 11.6 Å². The second-order valence-electron chi connectivity index (χ2n) is 7.41. The molecule has 3 heterocycles. The van der Waals surface area contributed by atoms with E-state index in [9.17, 15) is 22.4 Å². The first kappa shape index (κ1) is 21.7. The van der Waals surface area contributed by atoms with Crippen LogP contribution in [0.5, 0.6) is 0 Å². The van der Waals surface area contributed by atoms with Gasteiger partial charge < -0.3 is 10.2 Å². The smallest absolute Gasteiger partial charge is 0.334 e. The normalized spacial score (nSPS) is 16.2. The summed E-state index contributed by atoms with van der Waals surface area (Å²) in [4.78, 5) is 26.9. The Kier molecular flexibility index (Phi) is 6.02. The lowest BCUT2D eigenvalue weighted by Gasteiger charge is -2.24. The molecule has 1 amide bonds. The summed E-state index contributed by atoms with van der Waals surface area (Å²) in [5.41, 5.74) is 0.460. The minimum absolute atomic E-state index is 0.0346. The Hall–Kier alpha value is -3.56. The van der Waals surface area contributed by atoms with Crippen molar-refractivity contribution in [1.29, 1.82) is 0 Å². The van der Waals surface area contributed by atoms with E-state index < -0.39 is 11.7 Å². The highest BCUT2D eigenvalue weighted by Crippen LogP contribution is 2.33. The van der Waals surface area contributed by atoms with Gasteiger partial charge in [-0.1, -0.05) is 12.1 Å². The second kappa shape index (κ2) is 8.89. The Balaban J connectivity index is 1.49. The fourth-order valence-electron chi connectivity index (χ4n) is 3.66. The van der Waals surface area contributed by atoms with Gasteiger partial charge in [-0.2, -0.15) is 13.2 Å². The van der Waals surface area contributed by atoms with Crippen molar-refractivity contribution in [2.45, 2.75) is 31.5 Å². The molecule has 0 bridgehead atoms. The summed E-state index contributed by atoms with van der Waals surface area (Å²) in [7, 11) is 0. The quantitative estimate of drug-likeness (QED) is 0.578. The van der Waals surface area contributed by atoms with Crippen LogP contribution in [0.25, 0.3) is 0 Å². The van der Waals surface area contributed by atoms with Gasteiger partial charge in [0.05, 0.1) is 23.7 Å². The molecular formula is C22H19F4N5O. The molecule has 1 aliphatic heterocycles. The zero-order valence-corrected chi connectivity index (χ0v) is 16.8. The van der Waals surface area contributed by atoms with Gasteiger partial charge in [-0.25, -0.2) is 19.3 Å². The number of amides is 1. The summed E-state index contributed by atoms with van der Waals surface area (Å²) in [5.74, 6) is -0.414. The molecule has 1 N–H and O–H groups in total. The summed E-state index contributed by atoms with van der Waals surface area (Å²) < 4.78 is 51.9. The van der Waals surface area contributed by atoms with E-state index in [1.807, 2.05) is 0 Å². The molecule has 1 aliphatic rings. The molecule has 3 aromatic rings. The van der Waals surface area contributed by atoms with Gasteiger partial charge in [0, 0.05) is 18.9 Å². The van der Waals surface area contributed by atoms with Crippen molar-refractivity contribution >= 4 is 17.7 Å². The molecule has 1 fully saturated rings. The summed E-state index contributed by atoms with van der Waals surface area (Å²) in [6.45, 7) is 0.562. The number of hydrogen-bond donors (Lipinski definition) is 1. The fraction of sp³-hybridized carbons (Fsp3) is 0.273. The van der Waals surface area contributed by atoms with Gasteiger partial charge in [0.15, 0.2) is 0 Å². The second-order valence-corrected chi connectivity index (χ2v) is 7.41. The monoisotopic (exact) mass is 445 g/mol. The molecule has 1 atom stereocenters. The van der Waals surface area contributed by atoms with Gasteiger partial charge in [-0.15, -0.1) is 0 Å². The Morgan fingerprint density at radius 1 is 1.09 bits per heavy atom. The average Bonchev–Trinajstić information content (AvgIpc) is 3.25. The van der Waals surface area contributed by atoms with E-state index in [1.165, 1.54) is 18.3 Å². The van der Waals surface area contributed by atoms with Crippen LogP contribution in [-0.2, 0) is 17.4 Å². The first-order chi connectivity index (χ1) is 15.3. The van der Waals surface area contributed by atoms with Crippen LogP contribution >= 0.6 is 0 Å². The Morgan fingerprint density at radius 2 is 1.84 bits per heavy atom. The molecule has 0 radical (unpaired) electrons. The number of hydrogen-bond acceptors (Lipinski definition) is 5. The van der Waals surface area contributed by atoms with Crippen molar-refractivity contribution in [3.8, 4) is 0 Å². The maximum Gasteiger partial charge on any atom is 0.416 e. The molecule has 1 saturated heterocycles. The van der Waals surface area contributed by atoms with E-state index in [0.717, 1.165) is 24.8 Å². The van der Waals surface area contributed by atoms with Crippen molar-refractivity contribution in [3.63, 3.8) is 0 Å². The number of rotatable bonds is 5. The van der Waals surface area contributed by atoms with E-state index in [-0.39, 0.29) is 36.0 Å². The lowest BCUT2D eigenvalue weighted by molar-refractivity contribution is -0.137. The number of nitrogens with zero attached hydrogens (tertiary/aromatic N) is 4. The van der Waals surface area contributed by atoms with Gasteiger partial charge in [0.2, 0.25) is 11.9 Å². The van der Waals surface area contributed by atoms with Crippen molar-refractivity contribution in [2.75, 3.05) is 11.9 Å². The summed E-state index contributed by atoms with van der Waals surface area (Å²) in [5, 5.41) is 2.70. The van der Waals surface area contributed by atoms with Crippen LogP contribution in [0.15, 0.2) is 54.9 Å².